The lowest BCUT2D eigenvalue weighted by molar-refractivity contribution is 0.0295. The van der Waals surface area contributed by atoms with Crippen molar-refractivity contribution in [2.75, 3.05) is 31.6 Å². The molecular formula is C26H29N7O3. The number of fused-ring (bicyclic) bond motifs is 1. The largest absolute Gasteiger partial charge is 0.378 e. The van der Waals surface area contributed by atoms with Crippen molar-refractivity contribution in [3.63, 3.8) is 0 Å². The molecule has 1 aliphatic rings. The number of morpholine rings is 1. The highest BCUT2D eigenvalue weighted by Gasteiger charge is 2.27. The highest BCUT2D eigenvalue weighted by atomic mass is 16.5. The normalized spacial score (nSPS) is 13.8. The fourth-order valence-electron chi connectivity index (χ4n) is 4.57. The lowest BCUT2D eigenvalue weighted by Crippen LogP contribution is -2.41. The Morgan fingerprint density at radius 2 is 1.75 bits per heavy atom. The number of amides is 2. The average Bonchev–Trinajstić information content (AvgIpc) is 3.50. The number of rotatable bonds is 6. The zero-order valence-electron chi connectivity index (χ0n) is 20.7. The molecule has 2 amide bonds. The van der Waals surface area contributed by atoms with E-state index >= 15 is 0 Å². The van der Waals surface area contributed by atoms with E-state index in [4.69, 9.17) is 9.72 Å². The molecule has 4 aromatic rings. The van der Waals surface area contributed by atoms with Crippen molar-refractivity contribution in [1.29, 1.82) is 0 Å². The first kappa shape index (κ1) is 23.7. The maximum atomic E-state index is 13.7. The third-order valence-electron chi connectivity index (χ3n) is 6.53. The highest BCUT2D eigenvalue weighted by molar-refractivity contribution is 6.14. The molecule has 186 valence electrons. The molecule has 1 N–H and O–H groups in total. The summed E-state index contributed by atoms with van der Waals surface area (Å²) in [7, 11) is 0. The molecule has 0 atom stereocenters. The van der Waals surface area contributed by atoms with Crippen LogP contribution in [0.2, 0.25) is 0 Å². The summed E-state index contributed by atoms with van der Waals surface area (Å²) in [6, 6.07) is 9.32. The van der Waals surface area contributed by atoms with E-state index < -0.39 is 0 Å². The van der Waals surface area contributed by atoms with Gasteiger partial charge in [-0.25, -0.2) is 4.98 Å². The standard InChI is InChI=1S/C26H29N7O3/c1-4-32-17(3)20(15-27-32)22-14-19(18-8-6-7-9-21(18)29-22)25(34)30-23-16-28-33(5-2)24(23)26(35)31-10-12-36-13-11-31/h6-9,14-16H,4-5,10-13H2,1-3H3,(H,30,34). The minimum Gasteiger partial charge on any atom is -0.378 e. The van der Waals surface area contributed by atoms with E-state index in [1.165, 1.54) is 6.20 Å². The van der Waals surface area contributed by atoms with Crippen LogP contribution in [0.4, 0.5) is 5.69 Å². The number of benzene rings is 1. The molecule has 3 aromatic heterocycles. The van der Waals surface area contributed by atoms with Crippen molar-refractivity contribution in [2.24, 2.45) is 0 Å². The van der Waals surface area contributed by atoms with Crippen molar-refractivity contribution in [2.45, 2.75) is 33.9 Å². The highest BCUT2D eigenvalue weighted by Crippen LogP contribution is 2.28. The van der Waals surface area contributed by atoms with Gasteiger partial charge in [-0.3, -0.25) is 19.0 Å². The Balaban J connectivity index is 1.53. The van der Waals surface area contributed by atoms with Gasteiger partial charge in [0.05, 0.1) is 48.1 Å². The number of aryl methyl sites for hydroxylation is 2. The summed E-state index contributed by atoms with van der Waals surface area (Å²) in [4.78, 5) is 33.5. The van der Waals surface area contributed by atoms with Crippen molar-refractivity contribution < 1.29 is 14.3 Å². The monoisotopic (exact) mass is 487 g/mol. The minimum absolute atomic E-state index is 0.171. The quantitative estimate of drug-likeness (QED) is 0.447. The summed E-state index contributed by atoms with van der Waals surface area (Å²) < 4.78 is 8.90. The fraction of sp³-hybridized carbons (Fsp3) is 0.346. The van der Waals surface area contributed by atoms with Crippen LogP contribution in [0.1, 0.15) is 40.4 Å². The van der Waals surface area contributed by atoms with Crippen LogP contribution in [0, 0.1) is 6.92 Å². The van der Waals surface area contributed by atoms with Crippen LogP contribution in [0.25, 0.3) is 22.2 Å². The van der Waals surface area contributed by atoms with Gasteiger partial charge in [0.15, 0.2) is 0 Å². The van der Waals surface area contributed by atoms with Gasteiger partial charge < -0.3 is 15.0 Å². The summed E-state index contributed by atoms with van der Waals surface area (Å²) in [6.45, 7) is 9.18. The number of aromatic nitrogens is 5. The zero-order valence-corrected chi connectivity index (χ0v) is 20.7. The number of carbonyl (C=O) groups excluding carboxylic acids is 2. The summed E-state index contributed by atoms with van der Waals surface area (Å²) in [5, 5.41) is 12.5. The van der Waals surface area contributed by atoms with Gasteiger partial charge in [0.25, 0.3) is 11.8 Å². The number of nitrogens with one attached hydrogen (secondary N) is 1. The predicted molar refractivity (Wildman–Crippen MR) is 136 cm³/mol. The first-order valence-electron chi connectivity index (χ1n) is 12.2. The Morgan fingerprint density at radius 1 is 1.03 bits per heavy atom. The molecule has 1 aromatic carbocycles. The second-order valence-electron chi connectivity index (χ2n) is 8.61. The topological polar surface area (TPSA) is 107 Å². The van der Waals surface area contributed by atoms with Gasteiger partial charge in [0.2, 0.25) is 0 Å². The second kappa shape index (κ2) is 9.90. The number of hydrogen-bond donors (Lipinski definition) is 1. The Kier molecular flexibility index (Phi) is 6.51. The van der Waals surface area contributed by atoms with E-state index in [0.717, 1.165) is 23.2 Å². The number of para-hydroxylation sites is 1. The second-order valence-corrected chi connectivity index (χ2v) is 8.61. The van der Waals surface area contributed by atoms with E-state index in [2.05, 4.69) is 15.5 Å². The fourth-order valence-corrected chi connectivity index (χ4v) is 4.57. The van der Waals surface area contributed by atoms with E-state index in [9.17, 15) is 9.59 Å². The Morgan fingerprint density at radius 3 is 2.47 bits per heavy atom. The van der Waals surface area contributed by atoms with Gasteiger partial charge in [0, 0.05) is 42.8 Å². The third kappa shape index (κ3) is 4.24. The van der Waals surface area contributed by atoms with Crippen LogP contribution < -0.4 is 5.32 Å². The molecule has 10 nitrogen and oxygen atoms in total. The molecule has 5 rings (SSSR count). The van der Waals surface area contributed by atoms with Gasteiger partial charge in [-0.15, -0.1) is 0 Å². The maximum absolute atomic E-state index is 13.7. The summed E-state index contributed by atoms with van der Waals surface area (Å²) in [5.41, 5.74) is 4.45. The smallest absolute Gasteiger partial charge is 0.274 e. The molecule has 0 aliphatic carbocycles. The first-order chi connectivity index (χ1) is 17.5. The van der Waals surface area contributed by atoms with Crippen LogP contribution in [0.3, 0.4) is 0 Å². The number of pyridine rings is 1. The van der Waals surface area contributed by atoms with E-state index in [1.807, 2.05) is 49.7 Å². The van der Waals surface area contributed by atoms with Crippen LogP contribution >= 0.6 is 0 Å². The van der Waals surface area contributed by atoms with Crippen LogP contribution in [-0.2, 0) is 17.8 Å². The zero-order chi connectivity index (χ0) is 25.2. The Labute approximate surface area is 208 Å². The van der Waals surface area contributed by atoms with Gasteiger partial charge in [-0.05, 0) is 32.9 Å². The van der Waals surface area contributed by atoms with Crippen molar-refractivity contribution in [3.8, 4) is 11.3 Å². The van der Waals surface area contributed by atoms with Crippen molar-refractivity contribution in [3.05, 3.63) is 59.7 Å². The Hall–Kier alpha value is -4.05. The number of anilines is 1. The van der Waals surface area contributed by atoms with Gasteiger partial charge in [0.1, 0.15) is 5.69 Å². The number of hydrogen-bond acceptors (Lipinski definition) is 6. The lowest BCUT2D eigenvalue weighted by atomic mass is 10.0. The van der Waals surface area contributed by atoms with E-state index in [0.29, 0.717) is 61.0 Å². The number of ether oxygens (including phenoxy) is 1. The first-order valence-corrected chi connectivity index (χ1v) is 12.2. The third-order valence-corrected chi connectivity index (χ3v) is 6.53. The molecule has 4 heterocycles. The van der Waals surface area contributed by atoms with Crippen molar-refractivity contribution >= 4 is 28.4 Å². The molecule has 1 aliphatic heterocycles. The van der Waals surface area contributed by atoms with Crippen LogP contribution in [0.15, 0.2) is 42.7 Å². The molecule has 1 fully saturated rings. The molecule has 36 heavy (non-hydrogen) atoms. The molecule has 1 saturated heterocycles. The maximum Gasteiger partial charge on any atom is 0.274 e. The van der Waals surface area contributed by atoms with Crippen LogP contribution in [0.5, 0.6) is 0 Å². The molecule has 0 saturated carbocycles. The Bertz CT molecular complexity index is 1430. The van der Waals surface area contributed by atoms with E-state index in [-0.39, 0.29) is 11.8 Å². The molecule has 0 unspecified atom stereocenters. The van der Waals surface area contributed by atoms with Gasteiger partial charge >= 0.3 is 0 Å². The SMILES string of the molecule is CCn1ncc(-c2cc(C(=O)Nc3cnn(CC)c3C(=O)N3CCOCC3)c3ccccc3n2)c1C. The van der Waals surface area contributed by atoms with Gasteiger partial charge in [-0.2, -0.15) is 10.2 Å². The van der Waals surface area contributed by atoms with E-state index in [1.54, 1.807) is 21.8 Å². The number of nitrogens with zero attached hydrogens (tertiary/aromatic N) is 6. The molecule has 0 bridgehead atoms. The summed E-state index contributed by atoms with van der Waals surface area (Å²) >= 11 is 0. The molecule has 0 radical (unpaired) electrons. The number of carbonyl (C=O) groups is 2. The lowest BCUT2D eigenvalue weighted by Gasteiger charge is -2.27. The molecule has 10 heteroatoms. The van der Waals surface area contributed by atoms with Crippen molar-refractivity contribution in [1.82, 2.24) is 29.4 Å². The molecule has 0 spiro atoms. The molecular weight excluding hydrogens is 458 g/mol. The van der Waals surface area contributed by atoms with Gasteiger partial charge in [-0.1, -0.05) is 18.2 Å². The minimum atomic E-state index is -0.331. The average molecular weight is 488 g/mol. The van der Waals surface area contributed by atoms with Crippen LogP contribution in [-0.4, -0.2) is 67.6 Å². The summed E-state index contributed by atoms with van der Waals surface area (Å²) in [5.74, 6) is -0.502. The predicted octanol–water partition coefficient (Wildman–Crippen LogP) is 3.37. The summed E-state index contributed by atoms with van der Waals surface area (Å²) in [6.07, 6.45) is 3.32.